The Morgan fingerprint density at radius 2 is 1.84 bits per heavy atom. The first-order valence-electron chi connectivity index (χ1n) is 8.87. The Morgan fingerprint density at radius 1 is 1.00 bits per heavy atom. The molecule has 2 atom stereocenters. The summed E-state index contributed by atoms with van der Waals surface area (Å²) in [4.78, 5) is 2.91. The third-order valence-corrected chi connectivity index (χ3v) is 5.89. The van der Waals surface area contributed by atoms with Crippen LogP contribution in [0, 0.1) is 5.92 Å². The zero-order chi connectivity index (χ0) is 13.1. The van der Waals surface area contributed by atoms with Gasteiger partial charge in [0.05, 0.1) is 0 Å². The Balaban J connectivity index is 1.53. The highest BCUT2D eigenvalue weighted by molar-refractivity contribution is 4.95. The molecule has 2 saturated heterocycles. The summed E-state index contributed by atoms with van der Waals surface area (Å²) in [5.74, 6) is 1.05. The first kappa shape index (κ1) is 13.9. The predicted octanol–water partition coefficient (Wildman–Crippen LogP) is 3.56. The van der Waals surface area contributed by atoms with Crippen molar-refractivity contribution in [2.45, 2.75) is 89.3 Å². The molecular formula is C17H32N2. The second-order valence-corrected chi connectivity index (χ2v) is 7.11. The molecule has 1 N–H and O–H groups in total. The van der Waals surface area contributed by atoms with Crippen molar-refractivity contribution in [1.29, 1.82) is 0 Å². The van der Waals surface area contributed by atoms with Crippen molar-refractivity contribution in [2.75, 3.05) is 13.1 Å². The van der Waals surface area contributed by atoms with Gasteiger partial charge < -0.3 is 5.32 Å². The monoisotopic (exact) mass is 264 g/mol. The van der Waals surface area contributed by atoms with E-state index < -0.39 is 0 Å². The molecule has 0 aromatic carbocycles. The second-order valence-electron chi connectivity index (χ2n) is 7.11. The smallest absolute Gasteiger partial charge is 0.0252 e. The predicted molar refractivity (Wildman–Crippen MR) is 81.4 cm³/mol. The quantitative estimate of drug-likeness (QED) is 0.835. The normalized spacial score (nSPS) is 40.9. The fraction of sp³-hybridized carbons (Fsp3) is 1.00. The molecule has 2 nitrogen and oxygen atoms in total. The van der Waals surface area contributed by atoms with Crippen LogP contribution in [0.1, 0.15) is 71.1 Å². The summed E-state index contributed by atoms with van der Waals surface area (Å²) in [6, 6.07) is 2.61. The molecule has 1 aliphatic carbocycles. The molecule has 0 amide bonds. The minimum Gasteiger partial charge on any atom is -0.312 e. The maximum Gasteiger partial charge on any atom is 0.0252 e. The summed E-state index contributed by atoms with van der Waals surface area (Å²) in [5, 5.41) is 3.76. The molecule has 3 fully saturated rings. The van der Waals surface area contributed by atoms with Crippen LogP contribution in [0.2, 0.25) is 0 Å². The summed E-state index contributed by atoms with van der Waals surface area (Å²) in [5.41, 5.74) is 0. The van der Waals surface area contributed by atoms with Crippen molar-refractivity contribution >= 4 is 0 Å². The Hall–Kier alpha value is -0.0800. The van der Waals surface area contributed by atoms with E-state index in [1.807, 2.05) is 0 Å². The minimum atomic E-state index is 0.816. The summed E-state index contributed by atoms with van der Waals surface area (Å²) in [6.07, 6.45) is 14.5. The topological polar surface area (TPSA) is 15.3 Å². The lowest BCUT2D eigenvalue weighted by Crippen LogP contribution is -2.49. The van der Waals surface area contributed by atoms with Gasteiger partial charge in [0.2, 0.25) is 0 Å². The molecule has 19 heavy (non-hydrogen) atoms. The van der Waals surface area contributed by atoms with Gasteiger partial charge in [-0.1, -0.05) is 19.8 Å². The third kappa shape index (κ3) is 3.16. The van der Waals surface area contributed by atoms with Crippen LogP contribution in [0.25, 0.3) is 0 Å². The van der Waals surface area contributed by atoms with Gasteiger partial charge in [0, 0.05) is 18.1 Å². The average molecular weight is 264 g/mol. The lowest BCUT2D eigenvalue weighted by Gasteiger charge is -2.40. The van der Waals surface area contributed by atoms with E-state index in [4.69, 9.17) is 0 Å². The van der Waals surface area contributed by atoms with Crippen molar-refractivity contribution in [2.24, 2.45) is 5.92 Å². The molecule has 3 rings (SSSR count). The van der Waals surface area contributed by atoms with Crippen molar-refractivity contribution in [3.63, 3.8) is 0 Å². The number of nitrogens with one attached hydrogen (secondary N) is 1. The van der Waals surface area contributed by atoms with Gasteiger partial charge in [-0.2, -0.15) is 0 Å². The molecule has 2 heterocycles. The van der Waals surface area contributed by atoms with Gasteiger partial charge in [-0.05, 0) is 70.4 Å². The van der Waals surface area contributed by atoms with Crippen LogP contribution in [0.5, 0.6) is 0 Å². The van der Waals surface area contributed by atoms with Gasteiger partial charge in [0.1, 0.15) is 0 Å². The molecule has 2 aliphatic heterocycles. The molecule has 3 aliphatic rings. The number of rotatable bonds is 4. The molecule has 0 aromatic rings. The van der Waals surface area contributed by atoms with E-state index in [0.717, 1.165) is 24.0 Å². The van der Waals surface area contributed by atoms with E-state index >= 15 is 0 Å². The SMILES string of the molecule is CCCC1CCC(N2CCCC2C2CCCN2)CC1. The van der Waals surface area contributed by atoms with E-state index in [0.29, 0.717) is 0 Å². The first-order chi connectivity index (χ1) is 9.38. The number of hydrogen-bond donors (Lipinski definition) is 1. The third-order valence-electron chi connectivity index (χ3n) is 5.89. The molecule has 0 radical (unpaired) electrons. The van der Waals surface area contributed by atoms with Gasteiger partial charge in [-0.15, -0.1) is 0 Å². The standard InChI is InChI=1S/C17H32N2/c1-2-5-14-8-10-15(11-9-14)19-13-4-7-17(19)16-6-3-12-18-16/h14-18H,2-13H2,1H3. The van der Waals surface area contributed by atoms with Crippen molar-refractivity contribution in [3.8, 4) is 0 Å². The number of hydrogen-bond acceptors (Lipinski definition) is 2. The molecule has 2 heteroatoms. The van der Waals surface area contributed by atoms with Crippen LogP contribution in [0.15, 0.2) is 0 Å². The molecule has 1 saturated carbocycles. The highest BCUT2D eigenvalue weighted by atomic mass is 15.2. The second kappa shape index (κ2) is 6.58. The largest absolute Gasteiger partial charge is 0.312 e. The van der Waals surface area contributed by atoms with Crippen LogP contribution in [-0.2, 0) is 0 Å². The van der Waals surface area contributed by atoms with Gasteiger partial charge >= 0.3 is 0 Å². The van der Waals surface area contributed by atoms with Gasteiger partial charge in [-0.3, -0.25) is 4.90 Å². The van der Waals surface area contributed by atoms with Crippen LogP contribution in [-0.4, -0.2) is 36.1 Å². The molecule has 0 spiro atoms. The van der Waals surface area contributed by atoms with Gasteiger partial charge in [0.25, 0.3) is 0 Å². The van der Waals surface area contributed by atoms with Crippen molar-refractivity contribution < 1.29 is 0 Å². The van der Waals surface area contributed by atoms with E-state index in [1.54, 1.807) is 0 Å². The van der Waals surface area contributed by atoms with E-state index in [-0.39, 0.29) is 0 Å². The minimum absolute atomic E-state index is 0.816. The van der Waals surface area contributed by atoms with Crippen LogP contribution < -0.4 is 5.32 Å². The molecule has 0 bridgehead atoms. The zero-order valence-corrected chi connectivity index (χ0v) is 12.7. The molecular weight excluding hydrogens is 232 g/mol. The van der Waals surface area contributed by atoms with Crippen LogP contribution in [0.3, 0.4) is 0 Å². The van der Waals surface area contributed by atoms with Gasteiger partial charge in [0.15, 0.2) is 0 Å². The molecule has 110 valence electrons. The fourth-order valence-electron chi connectivity index (χ4n) is 4.91. The first-order valence-corrected chi connectivity index (χ1v) is 8.87. The summed E-state index contributed by atoms with van der Waals surface area (Å²) in [6.45, 7) is 4.98. The number of likely N-dealkylation sites (tertiary alicyclic amines) is 1. The Bertz CT molecular complexity index is 264. The summed E-state index contributed by atoms with van der Waals surface area (Å²) < 4.78 is 0. The average Bonchev–Trinajstić information content (AvgIpc) is 3.11. The van der Waals surface area contributed by atoms with Crippen LogP contribution in [0.4, 0.5) is 0 Å². The Morgan fingerprint density at radius 3 is 2.53 bits per heavy atom. The lowest BCUT2D eigenvalue weighted by atomic mass is 9.82. The molecule has 0 aromatic heterocycles. The van der Waals surface area contributed by atoms with Crippen LogP contribution >= 0.6 is 0 Å². The Kier molecular flexibility index (Phi) is 4.81. The lowest BCUT2D eigenvalue weighted by molar-refractivity contribution is 0.105. The van der Waals surface area contributed by atoms with E-state index in [1.165, 1.54) is 77.3 Å². The maximum absolute atomic E-state index is 3.76. The summed E-state index contributed by atoms with van der Waals surface area (Å²) >= 11 is 0. The number of nitrogens with zero attached hydrogens (tertiary/aromatic N) is 1. The fourth-order valence-corrected chi connectivity index (χ4v) is 4.91. The maximum atomic E-state index is 3.76. The zero-order valence-electron chi connectivity index (χ0n) is 12.7. The highest BCUT2D eigenvalue weighted by Crippen LogP contribution is 2.35. The van der Waals surface area contributed by atoms with E-state index in [2.05, 4.69) is 17.1 Å². The Labute approximate surface area is 119 Å². The van der Waals surface area contributed by atoms with Crippen molar-refractivity contribution in [1.82, 2.24) is 10.2 Å². The molecule has 2 unspecified atom stereocenters. The highest BCUT2D eigenvalue weighted by Gasteiger charge is 2.37. The van der Waals surface area contributed by atoms with E-state index in [9.17, 15) is 0 Å². The summed E-state index contributed by atoms with van der Waals surface area (Å²) in [7, 11) is 0. The van der Waals surface area contributed by atoms with Crippen molar-refractivity contribution in [3.05, 3.63) is 0 Å². The van der Waals surface area contributed by atoms with Gasteiger partial charge in [-0.25, -0.2) is 0 Å².